The van der Waals surface area contributed by atoms with Crippen LogP contribution in [-0.2, 0) is 0 Å². The molecule has 1 aromatic carbocycles. The fourth-order valence-corrected chi connectivity index (χ4v) is 2.22. The second-order valence-corrected chi connectivity index (χ2v) is 4.33. The predicted molar refractivity (Wildman–Crippen MR) is 62.6 cm³/mol. The van der Waals surface area contributed by atoms with Crippen molar-refractivity contribution in [2.24, 2.45) is 0 Å². The SMILES string of the molecule is COc1cc([C@H]2CCN2)cc(OC)c1Br. The van der Waals surface area contributed by atoms with Crippen molar-refractivity contribution in [1.29, 1.82) is 0 Å². The van der Waals surface area contributed by atoms with E-state index in [1.54, 1.807) is 14.2 Å². The van der Waals surface area contributed by atoms with E-state index >= 15 is 0 Å². The van der Waals surface area contributed by atoms with Crippen molar-refractivity contribution in [3.05, 3.63) is 22.2 Å². The van der Waals surface area contributed by atoms with E-state index in [0.717, 1.165) is 22.5 Å². The largest absolute Gasteiger partial charge is 0.495 e. The zero-order valence-corrected chi connectivity index (χ0v) is 10.4. The van der Waals surface area contributed by atoms with E-state index < -0.39 is 0 Å². The van der Waals surface area contributed by atoms with Crippen LogP contribution in [0.2, 0.25) is 0 Å². The van der Waals surface area contributed by atoms with Crippen LogP contribution in [0, 0.1) is 0 Å². The minimum atomic E-state index is 0.445. The van der Waals surface area contributed by atoms with Crippen molar-refractivity contribution in [2.45, 2.75) is 12.5 Å². The Kier molecular flexibility index (Phi) is 3.17. The first-order valence-electron chi connectivity index (χ1n) is 4.91. The van der Waals surface area contributed by atoms with Crippen LogP contribution in [0.15, 0.2) is 16.6 Å². The van der Waals surface area contributed by atoms with Gasteiger partial charge in [-0.1, -0.05) is 0 Å². The standard InChI is InChI=1S/C11H14BrNO2/c1-14-9-5-7(8-3-4-13-8)6-10(15-2)11(9)12/h5-6,8,13H,3-4H2,1-2H3/t8-/m1/s1. The summed E-state index contributed by atoms with van der Waals surface area (Å²) in [6, 6.07) is 4.54. The lowest BCUT2D eigenvalue weighted by Crippen LogP contribution is -2.34. The number of ether oxygens (including phenoxy) is 2. The normalized spacial score (nSPS) is 19.5. The molecule has 1 aromatic rings. The molecule has 0 aliphatic carbocycles. The van der Waals surface area contributed by atoms with Crippen LogP contribution in [0.5, 0.6) is 11.5 Å². The number of methoxy groups -OCH3 is 2. The van der Waals surface area contributed by atoms with Gasteiger partial charge in [0.1, 0.15) is 16.0 Å². The van der Waals surface area contributed by atoms with E-state index in [4.69, 9.17) is 9.47 Å². The number of hydrogen-bond donors (Lipinski definition) is 1. The molecular formula is C11H14BrNO2. The third kappa shape index (κ3) is 1.96. The molecule has 1 saturated heterocycles. The average molecular weight is 272 g/mol. The monoisotopic (exact) mass is 271 g/mol. The van der Waals surface area contributed by atoms with Gasteiger partial charge in [-0.15, -0.1) is 0 Å². The summed E-state index contributed by atoms with van der Waals surface area (Å²) in [4.78, 5) is 0. The molecule has 15 heavy (non-hydrogen) atoms. The van der Waals surface area contributed by atoms with E-state index in [9.17, 15) is 0 Å². The maximum absolute atomic E-state index is 5.29. The van der Waals surface area contributed by atoms with Crippen LogP contribution in [0.4, 0.5) is 0 Å². The first kappa shape index (κ1) is 10.8. The first-order valence-corrected chi connectivity index (χ1v) is 5.70. The smallest absolute Gasteiger partial charge is 0.137 e. The van der Waals surface area contributed by atoms with Crippen molar-refractivity contribution in [3.8, 4) is 11.5 Å². The van der Waals surface area contributed by atoms with Gasteiger partial charge in [-0.2, -0.15) is 0 Å². The number of benzene rings is 1. The number of rotatable bonds is 3. The Balaban J connectivity index is 2.38. The van der Waals surface area contributed by atoms with Gasteiger partial charge >= 0.3 is 0 Å². The van der Waals surface area contributed by atoms with Gasteiger partial charge in [0.05, 0.1) is 14.2 Å². The van der Waals surface area contributed by atoms with Gasteiger partial charge in [-0.3, -0.25) is 0 Å². The molecule has 0 bridgehead atoms. The molecule has 82 valence electrons. The van der Waals surface area contributed by atoms with Crippen LogP contribution in [0.1, 0.15) is 18.0 Å². The average Bonchev–Trinajstić information content (AvgIpc) is 2.17. The molecule has 1 aliphatic rings. The number of hydrogen-bond acceptors (Lipinski definition) is 3. The van der Waals surface area contributed by atoms with Gasteiger partial charge in [0.25, 0.3) is 0 Å². The van der Waals surface area contributed by atoms with Crippen molar-refractivity contribution in [1.82, 2.24) is 5.32 Å². The molecule has 0 unspecified atom stereocenters. The van der Waals surface area contributed by atoms with Gasteiger partial charge in [0.15, 0.2) is 0 Å². The topological polar surface area (TPSA) is 30.5 Å². The van der Waals surface area contributed by atoms with Gasteiger partial charge in [-0.25, -0.2) is 0 Å². The zero-order chi connectivity index (χ0) is 10.8. The van der Waals surface area contributed by atoms with Crippen molar-refractivity contribution < 1.29 is 9.47 Å². The molecular weight excluding hydrogens is 258 g/mol. The maximum Gasteiger partial charge on any atom is 0.137 e. The molecule has 1 N–H and O–H groups in total. The summed E-state index contributed by atoms with van der Waals surface area (Å²) in [6.07, 6.45) is 1.17. The molecule has 0 radical (unpaired) electrons. The Morgan fingerprint density at radius 1 is 1.27 bits per heavy atom. The summed E-state index contributed by atoms with van der Waals surface area (Å²) in [5.41, 5.74) is 1.22. The summed E-state index contributed by atoms with van der Waals surface area (Å²) < 4.78 is 11.5. The maximum atomic E-state index is 5.29. The lowest BCUT2D eigenvalue weighted by Gasteiger charge is -2.28. The zero-order valence-electron chi connectivity index (χ0n) is 8.84. The molecule has 0 saturated carbocycles. The highest BCUT2D eigenvalue weighted by atomic mass is 79.9. The lowest BCUT2D eigenvalue weighted by molar-refractivity contribution is 0.366. The first-order chi connectivity index (χ1) is 7.26. The highest BCUT2D eigenvalue weighted by molar-refractivity contribution is 9.10. The van der Waals surface area contributed by atoms with Gasteiger partial charge in [0.2, 0.25) is 0 Å². The quantitative estimate of drug-likeness (QED) is 0.917. The molecule has 0 aromatic heterocycles. The third-order valence-corrected chi connectivity index (χ3v) is 3.48. The summed E-state index contributed by atoms with van der Waals surface area (Å²) in [7, 11) is 3.33. The van der Waals surface area contributed by atoms with Crippen LogP contribution in [0.25, 0.3) is 0 Å². The van der Waals surface area contributed by atoms with E-state index in [1.165, 1.54) is 12.0 Å². The Bertz CT molecular complexity index is 339. The Hall–Kier alpha value is -0.740. The molecule has 4 heteroatoms. The van der Waals surface area contributed by atoms with Crippen LogP contribution in [-0.4, -0.2) is 20.8 Å². The highest BCUT2D eigenvalue weighted by Gasteiger charge is 2.21. The fraction of sp³-hybridized carbons (Fsp3) is 0.455. The summed E-state index contributed by atoms with van der Waals surface area (Å²) >= 11 is 3.45. The molecule has 2 rings (SSSR count). The molecule has 1 fully saturated rings. The lowest BCUT2D eigenvalue weighted by atomic mass is 9.97. The minimum Gasteiger partial charge on any atom is -0.495 e. The van der Waals surface area contributed by atoms with Crippen LogP contribution >= 0.6 is 15.9 Å². The van der Waals surface area contributed by atoms with Crippen molar-refractivity contribution in [3.63, 3.8) is 0 Å². The van der Waals surface area contributed by atoms with Gasteiger partial charge in [-0.05, 0) is 46.6 Å². The van der Waals surface area contributed by atoms with Crippen LogP contribution in [0.3, 0.4) is 0 Å². The fourth-order valence-electron chi connectivity index (χ4n) is 1.66. The Morgan fingerprint density at radius 2 is 1.80 bits per heavy atom. The second-order valence-electron chi connectivity index (χ2n) is 3.53. The van der Waals surface area contributed by atoms with Gasteiger partial charge in [0, 0.05) is 6.04 Å². The molecule has 0 spiro atoms. The van der Waals surface area contributed by atoms with E-state index in [1.807, 2.05) is 12.1 Å². The predicted octanol–water partition coefficient (Wildman–Crippen LogP) is 2.50. The van der Waals surface area contributed by atoms with E-state index in [-0.39, 0.29) is 0 Å². The van der Waals surface area contributed by atoms with Gasteiger partial charge < -0.3 is 14.8 Å². The molecule has 1 aliphatic heterocycles. The minimum absolute atomic E-state index is 0.445. The molecule has 1 heterocycles. The van der Waals surface area contributed by atoms with Crippen LogP contribution < -0.4 is 14.8 Å². The second kappa shape index (κ2) is 4.41. The van der Waals surface area contributed by atoms with Crippen molar-refractivity contribution in [2.75, 3.05) is 20.8 Å². The van der Waals surface area contributed by atoms with E-state index in [0.29, 0.717) is 6.04 Å². The summed E-state index contributed by atoms with van der Waals surface area (Å²) in [6.45, 7) is 1.09. The molecule has 0 amide bonds. The highest BCUT2D eigenvalue weighted by Crippen LogP contribution is 2.38. The third-order valence-electron chi connectivity index (χ3n) is 2.69. The van der Waals surface area contributed by atoms with E-state index in [2.05, 4.69) is 21.2 Å². The summed E-state index contributed by atoms with van der Waals surface area (Å²) in [5.74, 6) is 1.64. The Morgan fingerprint density at radius 3 is 2.13 bits per heavy atom. The number of halogens is 1. The molecule has 1 atom stereocenters. The summed E-state index contributed by atoms with van der Waals surface area (Å²) in [5, 5.41) is 3.36. The molecule has 3 nitrogen and oxygen atoms in total. The van der Waals surface area contributed by atoms with Crippen molar-refractivity contribution >= 4 is 15.9 Å². The Labute approximate surface area is 97.9 Å². The number of nitrogens with one attached hydrogen (secondary N) is 1.